The number of halogens is 4. The van der Waals surface area contributed by atoms with Crippen LogP contribution in [0.25, 0.3) is 0 Å². The molecule has 2 N–H and O–H groups in total. The molecule has 0 aliphatic heterocycles. The Labute approximate surface area is 146 Å². The fourth-order valence-electron chi connectivity index (χ4n) is 0.913. The van der Waals surface area contributed by atoms with Gasteiger partial charge in [-0.2, -0.15) is 0 Å². The van der Waals surface area contributed by atoms with Crippen LogP contribution in [0.3, 0.4) is 0 Å². The first kappa shape index (κ1) is 22.1. The van der Waals surface area contributed by atoms with Gasteiger partial charge in [-0.05, 0) is 37.1 Å². The third-order valence-electron chi connectivity index (χ3n) is 1.90. The Hall–Kier alpha value is -0.200. The molecule has 0 radical (unpaired) electrons. The van der Waals surface area contributed by atoms with Gasteiger partial charge in [0.2, 0.25) is 0 Å². The molecule has 0 aliphatic rings. The average Bonchev–Trinajstić information content (AvgIpc) is 2.38. The van der Waals surface area contributed by atoms with Crippen LogP contribution in [0.5, 0.6) is 0 Å². The minimum atomic E-state index is 0. The fourth-order valence-corrected chi connectivity index (χ4v) is 1.35. The third kappa shape index (κ3) is 10.6. The lowest BCUT2D eigenvalue weighted by Crippen LogP contribution is -1.74. The van der Waals surface area contributed by atoms with Gasteiger partial charge in [0.1, 0.15) is 0 Å². The van der Waals surface area contributed by atoms with Crippen LogP contribution in [-0.4, -0.2) is 20.8 Å². The van der Waals surface area contributed by atoms with Gasteiger partial charge < -0.3 is 5.48 Å². The lowest BCUT2D eigenvalue weighted by molar-refractivity contribution is 0.824. The summed E-state index contributed by atoms with van der Waals surface area (Å²) in [7, 11) is 0. The standard InChI is InChI=1S/2C6H6BrN.CH2Cl2.H2O/c2*1-5-4-8-3-2-6(5)7;2-1-3;/h2*2-4H,1H3;1H2;1H2. The first-order valence-corrected chi connectivity index (χ1v) is 7.92. The second-order valence-electron chi connectivity index (χ2n) is 3.35. The van der Waals surface area contributed by atoms with Gasteiger partial charge in [-0.15, -0.1) is 23.2 Å². The summed E-state index contributed by atoms with van der Waals surface area (Å²) in [5.74, 6) is 0. The molecule has 2 rings (SSSR count). The number of aryl methyl sites for hydroxylation is 2. The maximum absolute atomic E-state index is 4.76. The van der Waals surface area contributed by atoms with Gasteiger partial charge in [0.25, 0.3) is 0 Å². The molecule has 2 aromatic rings. The van der Waals surface area contributed by atoms with Crippen LogP contribution in [0.4, 0.5) is 0 Å². The van der Waals surface area contributed by atoms with Gasteiger partial charge in [0.15, 0.2) is 0 Å². The molecule has 0 atom stereocenters. The highest BCUT2D eigenvalue weighted by Gasteiger charge is 1.87. The molecule has 20 heavy (non-hydrogen) atoms. The van der Waals surface area contributed by atoms with Crippen molar-refractivity contribution in [3.63, 3.8) is 0 Å². The van der Waals surface area contributed by atoms with Gasteiger partial charge in [-0.3, -0.25) is 9.97 Å². The summed E-state index contributed by atoms with van der Waals surface area (Å²) in [6.45, 7) is 4.02. The molecule has 0 bridgehead atoms. The topological polar surface area (TPSA) is 57.3 Å². The lowest BCUT2D eigenvalue weighted by Gasteiger charge is -1.90. The van der Waals surface area contributed by atoms with E-state index >= 15 is 0 Å². The van der Waals surface area contributed by atoms with E-state index in [0.29, 0.717) is 0 Å². The molecule has 0 aromatic carbocycles. The average molecular weight is 447 g/mol. The van der Waals surface area contributed by atoms with E-state index in [9.17, 15) is 0 Å². The number of hydrogen-bond acceptors (Lipinski definition) is 2. The Morgan fingerprint density at radius 2 is 1.20 bits per heavy atom. The fraction of sp³-hybridized carbons (Fsp3) is 0.231. The second-order valence-corrected chi connectivity index (χ2v) is 5.87. The quantitative estimate of drug-likeness (QED) is 0.540. The van der Waals surface area contributed by atoms with Crippen LogP contribution in [0, 0.1) is 13.8 Å². The first-order valence-electron chi connectivity index (χ1n) is 5.27. The van der Waals surface area contributed by atoms with Crippen LogP contribution < -0.4 is 0 Å². The van der Waals surface area contributed by atoms with Crippen LogP contribution in [0.15, 0.2) is 45.9 Å². The third-order valence-corrected chi connectivity index (χ3v) is 3.68. The van der Waals surface area contributed by atoms with Gasteiger partial charge in [-0.1, -0.05) is 31.9 Å². The highest BCUT2D eigenvalue weighted by molar-refractivity contribution is 9.10. The lowest BCUT2D eigenvalue weighted by atomic mass is 10.3. The number of alkyl halides is 2. The maximum atomic E-state index is 4.76. The van der Waals surface area contributed by atoms with Crippen molar-refractivity contribution in [3.8, 4) is 0 Å². The molecule has 3 nitrogen and oxygen atoms in total. The Morgan fingerprint density at radius 3 is 1.35 bits per heavy atom. The van der Waals surface area contributed by atoms with E-state index in [1.165, 1.54) is 11.1 Å². The van der Waals surface area contributed by atoms with Crippen molar-refractivity contribution in [1.29, 1.82) is 0 Å². The zero-order valence-electron chi connectivity index (χ0n) is 11.1. The van der Waals surface area contributed by atoms with Gasteiger partial charge >= 0.3 is 0 Å². The smallest absolute Gasteiger partial charge is 0.0967 e. The van der Waals surface area contributed by atoms with E-state index in [1.54, 1.807) is 12.4 Å². The van der Waals surface area contributed by atoms with Crippen molar-refractivity contribution in [2.24, 2.45) is 0 Å². The van der Waals surface area contributed by atoms with Crippen molar-refractivity contribution in [1.82, 2.24) is 9.97 Å². The summed E-state index contributed by atoms with van der Waals surface area (Å²) in [6.07, 6.45) is 7.17. The van der Waals surface area contributed by atoms with Crippen LogP contribution in [-0.2, 0) is 0 Å². The Kier molecular flexibility index (Phi) is 15.2. The van der Waals surface area contributed by atoms with E-state index < -0.39 is 0 Å². The summed E-state index contributed by atoms with van der Waals surface area (Å²) in [6, 6.07) is 3.85. The van der Waals surface area contributed by atoms with Crippen molar-refractivity contribution >= 4 is 55.1 Å². The molecule has 7 heteroatoms. The zero-order valence-corrected chi connectivity index (χ0v) is 15.8. The molecule has 112 valence electrons. The van der Waals surface area contributed by atoms with Crippen molar-refractivity contribution in [2.45, 2.75) is 13.8 Å². The molecule has 0 amide bonds. The van der Waals surface area contributed by atoms with Gasteiger partial charge in [0.05, 0.1) is 5.34 Å². The first-order chi connectivity index (χ1) is 9.02. The number of nitrogens with zero attached hydrogens (tertiary/aromatic N) is 2. The number of hydrogen-bond donors (Lipinski definition) is 0. The number of pyridine rings is 2. The zero-order chi connectivity index (χ0) is 14.7. The van der Waals surface area contributed by atoms with E-state index in [2.05, 4.69) is 41.8 Å². The Morgan fingerprint density at radius 1 is 0.900 bits per heavy atom. The SMILES string of the molecule is Cc1cnccc1Br.Cc1cnccc1Br.ClCCl.O. The molecule has 0 fully saturated rings. The maximum Gasteiger partial charge on any atom is 0.0967 e. The molecule has 2 heterocycles. The van der Waals surface area contributed by atoms with Crippen molar-refractivity contribution < 1.29 is 5.48 Å². The summed E-state index contributed by atoms with van der Waals surface area (Å²) < 4.78 is 2.24. The molecule has 2 aromatic heterocycles. The summed E-state index contributed by atoms with van der Waals surface area (Å²) >= 11 is 16.2. The second kappa shape index (κ2) is 13.8. The van der Waals surface area contributed by atoms with Gasteiger partial charge in [-0.25, -0.2) is 0 Å². The van der Waals surface area contributed by atoms with E-state index in [4.69, 9.17) is 23.2 Å². The molecular weight excluding hydrogens is 431 g/mol. The van der Waals surface area contributed by atoms with Crippen molar-refractivity contribution in [3.05, 3.63) is 57.0 Å². The Bertz CT molecular complexity index is 402. The molecule has 0 saturated heterocycles. The molecule has 0 spiro atoms. The predicted octanol–water partition coefficient (Wildman–Crippen LogP) is 4.90. The van der Waals surface area contributed by atoms with Crippen LogP contribution in [0.2, 0.25) is 0 Å². The highest BCUT2D eigenvalue weighted by Crippen LogP contribution is 2.12. The Balaban J connectivity index is 0. The van der Waals surface area contributed by atoms with Crippen LogP contribution in [0.1, 0.15) is 11.1 Å². The van der Waals surface area contributed by atoms with E-state index in [-0.39, 0.29) is 10.8 Å². The largest absolute Gasteiger partial charge is 0.412 e. The molecule has 0 saturated carbocycles. The van der Waals surface area contributed by atoms with Gasteiger partial charge in [0, 0.05) is 33.7 Å². The normalized spacial score (nSPS) is 8.30. The number of aromatic nitrogens is 2. The highest BCUT2D eigenvalue weighted by atomic mass is 79.9. The number of rotatable bonds is 0. The summed E-state index contributed by atoms with van der Waals surface area (Å²) in [5, 5.41) is 0.194. The summed E-state index contributed by atoms with van der Waals surface area (Å²) in [4.78, 5) is 7.83. The minimum absolute atomic E-state index is 0. The minimum Gasteiger partial charge on any atom is -0.412 e. The molecule has 0 aliphatic carbocycles. The monoisotopic (exact) mass is 444 g/mol. The van der Waals surface area contributed by atoms with E-state index in [0.717, 1.165) is 8.95 Å². The predicted molar refractivity (Wildman–Crippen MR) is 93.5 cm³/mol. The van der Waals surface area contributed by atoms with Crippen LogP contribution >= 0.6 is 55.1 Å². The van der Waals surface area contributed by atoms with E-state index in [1.807, 2.05) is 38.4 Å². The van der Waals surface area contributed by atoms with Crippen molar-refractivity contribution in [2.75, 3.05) is 5.34 Å². The molecule has 0 unspecified atom stereocenters. The summed E-state index contributed by atoms with van der Waals surface area (Å²) in [5.41, 5.74) is 2.35. The molecular formula is C13H16Br2Cl2N2O.